The molecule has 0 spiro atoms. The molecule has 0 heterocycles. The van der Waals surface area contributed by atoms with Crippen LogP contribution in [0.25, 0.3) is 6.08 Å². The molecule has 2 rings (SSSR count). The summed E-state index contributed by atoms with van der Waals surface area (Å²) in [5.41, 5.74) is 3.89. The predicted molar refractivity (Wildman–Crippen MR) is 97.5 cm³/mol. The number of alkyl halides is 2. The highest BCUT2D eigenvalue weighted by Crippen LogP contribution is 2.24. The lowest BCUT2D eigenvalue weighted by Gasteiger charge is -2.15. The number of aryl methyl sites for hydroxylation is 2. The van der Waals surface area contributed by atoms with Crippen LogP contribution in [-0.4, -0.2) is 12.7 Å². The molecule has 138 valence electrons. The highest BCUT2D eigenvalue weighted by molar-refractivity contribution is 5.86. The van der Waals surface area contributed by atoms with E-state index in [1.165, 1.54) is 5.56 Å². The fourth-order valence-electron chi connectivity index (χ4n) is 2.43. The molecule has 0 atom stereocenters. The van der Waals surface area contributed by atoms with Crippen LogP contribution in [0, 0.1) is 6.92 Å². The second-order valence-electron chi connectivity index (χ2n) is 5.65. The molecule has 0 bridgehead atoms. The maximum Gasteiger partial charge on any atom is 0.416 e. The Hall–Kier alpha value is -2.89. The Morgan fingerprint density at radius 2 is 2.04 bits per heavy atom. The first kappa shape index (κ1) is 19.4. The molecule has 0 radical (unpaired) electrons. The van der Waals surface area contributed by atoms with Gasteiger partial charge >= 0.3 is 12.7 Å². The Kier molecular flexibility index (Phi) is 6.72. The van der Waals surface area contributed by atoms with Crippen molar-refractivity contribution in [2.24, 2.45) is 0 Å². The van der Waals surface area contributed by atoms with Gasteiger partial charge in [-0.05, 0) is 42.2 Å². The lowest BCUT2D eigenvalue weighted by molar-refractivity contribution is -0.0766. The van der Waals surface area contributed by atoms with Crippen LogP contribution in [0.3, 0.4) is 0 Å². The summed E-state index contributed by atoms with van der Waals surface area (Å²) in [5.74, 6) is 0.719. The fraction of sp³-hybridized carbons (Fsp3) is 0.250. The number of rotatable bonds is 7. The number of anilines is 1. The van der Waals surface area contributed by atoms with Gasteiger partial charge in [0, 0.05) is 5.56 Å². The summed E-state index contributed by atoms with van der Waals surface area (Å²) in [6.45, 7) is 4.66. The van der Waals surface area contributed by atoms with E-state index >= 15 is 0 Å². The average molecular weight is 361 g/mol. The summed E-state index contributed by atoms with van der Waals surface area (Å²) in [6.07, 6.45) is 1.29. The van der Waals surface area contributed by atoms with Crippen LogP contribution in [0.2, 0.25) is 0 Å². The smallest absolute Gasteiger partial charge is 0.416 e. The molecule has 4 nitrogen and oxygen atoms in total. The topological polar surface area (TPSA) is 47.6 Å². The Morgan fingerprint density at radius 3 is 2.65 bits per heavy atom. The number of benzene rings is 2. The third kappa shape index (κ3) is 5.31. The number of carbonyl (C=O) groups is 1. The Labute approximate surface area is 151 Å². The van der Waals surface area contributed by atoms with Crippen LogP contribution in [0.4, 0.5) is 19.3 Å². The highest BCUT2D eigenvalue weighted by Gasteiger charge is 2.14. The number of hydrogen-bond donors (Lipinski definition) is 1. The van der Waals surface area contributed by atoms with Crippen molar-refractivity contribution in [3.63, 3.8) is 0 Å². The van der Waals surface area contributed by atoms with Gasteiger partial charge in [0.15, 0.2) is 0 Å². The van der Waals surface area contributed by atoms with Crippen LogP contribution in [0.1, 0.15) is 29.2 Å². The summed E-state index contributed by atoms with van der Waals surface area (Å²) >= 11 is 0. The van der Waals surface area contributed by atoms with Crippen molar-refractivity contribution in [3.8, 4) is 5.75 Å². The molecule has 0 unspecified atom stereocenters. The SMILES string of the molecule is C=Cc1ccc(COc2ccc(CC)cc2C)c(NC(=O)OC(F)F)c1. The minimum Gasteiger partial charge on any atom is -0.489 e. The number of ether oxygens (including phenoxy) is 2. The molecule has 0 fully saturated rings. The molecule has 0 saturated heterocycles. The summed E-state index contributed by atoms with van der Waals surface area (Å²) < 4.78 is 34.0. The quantitative estimate of drug-likeness (QED) is 0.703. The molecular formula is C20H21F2NO3. The molecule has 6 heteroatoms. The van der Waals surface area contributed by atoms with E-state index in [0.717, 1.165) is 23.3 Å². The molecule has 0 aliphatic rings. The van der Waals surface area contributed by atoms with E-state index in [1.807, 2.05) is 19.1 Å². The van der Waals surface area contributed by atoms with Gasteiger partial charge in [0.25, 0.3) is 0 Å². The van der Waals surface area contributed by atoms with E-state index in [4.69, 9.17) is 4.74 Å². The molecule has 1 amide bonds. The van der Waals surface area contributed by atoms with Gasteiger partial charge in [-0.1, -0.05) is 43.8 Å². The predicted octanol–water partition coefficient (Wildman–Crippen LogP) is 5.55. The highest BCUT2D eigenvalue weighted by atomic mass is 19.3. The maximum absolute atomic E-state index is 12.2. The van der Waals surface area contributed by atoms with Crippen molar-refractivity contribution in [3.05, 3.63) is 65.2 Å². The lowest BCUT2D eigenvalue weighted by Crippen LogP contribution is -2.18. The van der Waals surface area contributed by atoms with Crippen LogP contribution in [0.15, 0.2) is 43.0 Å². The van der Waals surface area contributed by atoms with E-state index in [-0.39, 0.29) is 6.61 Å². The van der Waals surface area contributed by atoms with Crippen molar-refractivity contribution in [1.82, 2.24) is 0 Å². The van der Waals surface area contributed by atoms with E-state index in [1.54, 1.807) is 24.3 Å². The zero-order valence-corrected chi connectivity index (χ0v) is 14.7. The molecule has 0 aliphatic heterocycles. The van der Waals surface area contributed by atoms with E-state index < -0.39 is 12.7 Å². The maximum atomic E-state index is 12.2. The van der Waals surface area contributed by atoms with Gasteiger partial charge in [0.1, 0.15) is 12.4 Å². The van der Waals surface area contributed by atoms with Crippen molar-refractivity contribution >= 4 is 17.9 Å². The molecule has 2 aromatic carbocycles. The number of nitrogens with one attached hydrogen (secondary N) is 1. The summed E-state index contributed by atoms with van der Waals surface area (Å²) in [7, 11) is 0. The monoisotopic (exact) mass is 361 g/mol. The number of halogens is 2. The number of hydrogen-bond acceptors (Lipinski definition) is 3. The van der Waals surface area contributed by atoms with Crippen LogP contribution in [-0.2, 0) is 17.8 Å². The summed E-state index contributed by atoms with van der Waals surface area (Å²) in [4.78, 5) is 11.5. The molecule has 2 aromatic rings. The van der Waals surface area contributed by atoms with Gasteiger partial charge in [-0.3, -0.25) is 5.32 Å². The van der Waals surface area contributed by atoms with Crippen LogP contribution >= 0.6 is 0 Å². The molecule has 1 N–H and O–H groups in total. The summed E-state index contributed by atoms with van der Waals surface area (Å²) in [5, 5.41) is 2.32. The molecule has 26 heavy (non-hydrogen) atoms. The second-order valence-corrected chi connectivity index (χ2v) is 5.65. The van der Waals surface area contributed by atoms with Crippen LogP contribution in [0.5, 0.6) is 5.75 Å². The Bertz CT molecular complexity index is 791. The number of carbonyl (C=O) groups excluding carboxylic acids is 1. The van der Waals surface area contributed by atoms with E-state index in [2.05, 4.69) is 29.6 Å². The molecular weight excluding hydrogens is 340 g/mol. The van der Waals surface area contributed by atoms with Crippen molar-refractivity contribution < 1.29 is 23.0 Å². The first-order valence-corrected chi connectivity index (χ1v) is 8.16. The minimum absolute atomic E-state index is 0.161. The first-order chi connectivity index (χ1) is 12.4. The molecule has 0 aliphatic carbocycles. The van der Waals surface area contributed by atoms with Gasteiger partial charge in [-0.2, -0.15) is 8.78 Å². The first-order valence-electron chi connectivity index (χ1n) is 8.16. The molecule has 0 aromatic heterocycles. The lowest BCUT2D eigenvalue weighted by atomic mass is 10.1. The van der Waals surface area contributed by atoms with Gasteiger partial charge in [0.2, 0.25) is 0 Å². The van der Waals surface area contributed by atoms with Crippen LogP contribution < -0.4 is 10.1 Å². The van der Waals surface area contributed by atoms with Gasteiger partial charge in [-0.25, -0.2) is 4.79 Å². The third-order valence-electron chi connectivity index (χ3n) is 3.83. The Balaban J connectivity index is 2.17. The second kappa shape index (κ2) is 8.99. The Morgan fingerprint density at radius 1 is 1.27 bits per heavy atom. The van der Waals surface area contributed by atoms with Crippen molar-refractivity contribution in [2.45, 2.75) is 33.5 Å². The fourth-order valence-corrected chi connectivity index (χ4v) is 2.43. The zero-order valence-electron chi connectivity index (χ0n) is 14.7. The third-order valence-corrected chi connectivity index (χ3v) is 3.83. The van der Waals surface area contributed by atoms with Gasteiger partial charge in [0.05, 0.1) is 5.69 Å². The van der Waals surface area contributed by atoms with Crippen molar-refractivity contribution in [1.29, 1.82) is 0 Å². The standard InChI is InChI=1S/C20H21F2NO3/c1-4-14-7-9-18(13(3)10-14)25-12-16-8-6-15(5-2)11-17(16)23-20(24)26-19(21)22/h5-11,19H,2,4,12H2,1,3H3,(H,23,24). The van der Waals surface area contributed by atoms with Crippen molar-refractivity contribution in [2.75, 3.05) is 5.32 Å². The zero-order chi connectivity index (χ0) is 19.1. The van der Waals surface area contributed by atoms with E-state index in [0.29, 0.717) is 11.3 Å². The largest absolute Gasteiger partial charge is 0.489 e. The van der Waals surface area contributed by atoms with E-state index in [9.17, 15) is 13.6 Å². The van der Waals surface area contributed by atoms with Gasteiger partial charge < -0.3 is 9.47 Å². The van der Waals surface area contributed by atoms with Gasteiger partial charge in [-0.15, -0.1) is 0 Å². The molecule has 0 saturated carbocycles. The number of amides is 1. The normalized spacial score (nSPS) is 10.5. The minimum atomic E-state index is -3.18. The summed E-state index contributed by atoms with van der Waals surface area (Å²) in [6, 6.07) is 11.1. The average Bonchev–Trinajstić information content (AvgIpc) is 2.60.